The molecule has 0 aliphatic rings. The molecular formula is C68H114O6. The highest BCUT2D eigenvalue weighted by molar-refractivity contribution is 5.71. The Kier molecular flexibility index (Phi) is 58.3. The molecule has 6 nitrogen and oxygen atoms in total. The topological polar surface area (TPSA) is 78.9 Å². The molecule has 0 spiro atoms. The Morgan fingerprint density at radius 3 is 0.865 bits per heavy atom. The molecule has 0 aliphatic carbocycles. The molecule has 0 amide bonds. The first-order valence-electron chi connectivity index (χ1n) is 30.9. The Bertz CT molecular complexity index is 1510. The van der Waals surface area contributed by atoms with Gasteiger partial charge in [-0.15, -0.1) is 0 Å². The number of rotatable bonds is 55. The van der Waals surface area contributed by atoms with Crippen LogP contribution in [0.3, 0.4) is 0 Å². The minimum Gasteiger partial charge on any atom is -0.462 e. The number of unbranched alkanes of at least 4 members (excludes halogenated alkanes) is 26. The van der Waals surface area contributed by atoms with Crippen molar-refractivity contribution in [3.8, 4) is 0 Å². The summed E-state index contributed by atoms with van der Waals surface area (Å²) in [4.78, 5) is 38.2. The zero-order valence-electron chi connectivity index (χ0n) is 48.3. The Hall–Kier alpha value is -3.93. The fourth-order valence-electron chi connectivity index (χ4n) is 8.47. The minimum absolute atomic E-state index is 0.0986. The van der Waals surface area contributed by atoms with Crippen LogP contribution < -0.4 is 0 Å². The van der Waals surface area contributed by atoms with Gasteiger partial charge in [-0.2, -0.15) is 0 Å². The van der Waals surface area contributed by atoms with Crippen molar-refractivity contribution in [2.75, 3.05) is 13.2 Å². The van der Waals surface area contributed by atoms with E-state index in [0.717, 1.165) is 103 Å². The van der Waals surface area contributed by atoms with Crippen LogP contribution in [-0.4, -0.2) is 37.2 Å². The number of hydrogen-bond acceptors (Lipinski definition) is 6. The maximum Gasteiger partial charge on any atom is 0.306 e. The lowest BCUT2D eigenvalue weighted by Gasteiger charge is -2.18. The second kappa shape index (κ2) is 61.6. The van der Waals surface area contributed by atoms with Crippen LogP contribution in [0.4, 0.5) is 0 Å². The molecule has 6 heteroatoms. The van der Waals surface area contributed by atoms with Gasteiger partial charge >= 0.3 is 17.9 Å². The Morgan fingerprint density at radius 1 is 0.284 bits per heavy atom. The first-order chi connectivity index (χ1) is 36.5. The third kappa shape index (κ3) is 59.0. The molecule has 0 N–H and O–H groups in total. The summed E-state index contributed by atoms with van der Waals surface area (Å²) in [5.74, 6) is -0.952. The molecule has 0 bridgehead atoms. The molecular weight excluding hydrogens is 913 g/mol. The van der Waals surface area contributed by atoms with Crippen LogP contribution in [0, 0.1) is 0 Å². The Morgan fingerprint density at radius 2 is 0.541 bits per heavy atom. The Balaban J connectivity index is 4.32. The molecule has 0 fully saturated rings. The molecule has 1 atom stereocenters. The first-order valence-corrected chi connectivity index (χ1v) is 30.9. The van der Waals surface area contributed by atoms with Gasteiger partial charge < -0.3 is 14.2 Å². The van der Waals surface area contributed by atoms with Gasteiger partial charge in [0.1, 0.15) is 13.2 Å². The van der Waals surface area contributed by atoms with Gasteiger partial charge in [0.25, 0.3) is 0 Å². The van der Waals surface area contributed by atoms with Gasteiger partial charge in [0, 0.05) is 19.3 Å². The molecule has 0 heterocycles. The Labute approximate surface area is 457 Å². The molecule has 422 valence electrons. The molecule has 0 saturated heterocycles. The van der Waals surface area contributed by atoms with Crippen molar-refractivity contribution in [3.63, 3.8) is 0 Å². The van der Waals surface area contributed by atoms with Crippen LogP contribution in [0.5, 0.6) is 0 Å². The largest absolute Gasteiger partial charge is 0.462 e. The summed E-state index contributed by atoms with van der Waals surface area (Å²) in [7, 11) is 0. The monoisotopic (exact) mass is 1030 g/mol. The van der Waals surface area contributed by atoms with Gasteiger partial charge in [-0.3, -0.25) is 14.4 Å². The zero-order chi connectivity index (χ0) is 53.6. The maximum absolute atomic E-state index is 12.8. The summed E-state index contributed by atoms with van der Waals surface area (Å²) in [6.45, 7) is 6.38. The van der Waals surface area contributed by atoms with Crippen LogP contribution in [0.1, 0.15) is 284 Å². The predicted molar refractivity (Wildman–Crippen MR) is 320 cm³/mol. The van der Waals surface area contributed by atoms with Gasteiger partial charge in [-0.1, -0.05) is 278 Å². The second-order valence-electron chi connectivity index (χ2n) is 20.2. The van der Waals surface area contributed by atoms with Crippen molar-refractivity contribution in [1.82, 2.24) is 0 Å². The number of hydrogen-bond donors (Lipinski definition) is 0. The van der Waals surface area contributed by atoms with Crippen LogP contribution in [0.15, 0.2) is 109 Å². The van der Waals surface area contributed by atoms with Crippen molar-refractivity contribution in [2.45, 2.75) is 290 Å². The van der Waals surface area contributed by atoms with Crippen LogP contribution in [0.2, 0.25) is 0 Å². The predicted octanol–water partition coefficient (Wildman–Crippen LogP) is 21.0. The van der Waals surface area contributed by atoms with Gasteiger partial charge in [-0.05, 0) is 96.3 Å². The van der Waals surface area contributed by atoms with E-state index in [9.17, 15) is 14.4 Å². The van der Waals surface area contributed by atoms with E-state index < -0.39 is 6.10 Å². The normalized spacial score (nSPS) is 12.9. The van der Waals surface area contributed by atoms with Crippen molar-refractivity contribution >= 4 is 17.9 Å². The van der Waals surface area contributed by atoms with Crippen molar-refractivity contribution in [2.24, 2.45) is 0 Å². The van der Waals surface area contributed by atoms with Gasteiger partial charge in [-0.25, -0.2) is 0 Å². The van der Waals surface area contributed by atoms with E-state index in [-0.39, 0.29) is 37.5 Å². The molecule has 0 aromatic carbocycles. The van der Waals surface area contributed by atoms with Crippen LogP contribution in [-0.2, 0) is 28.6 Å². The summed E-state index contributed by atoms with van der Waals surface area (Å²) in [5.41, 5.74) is 0. The molecule has 0 aliphatic heterocycles. The summed E-state index contributed by atoms with van der Waals surface area (Å²) >= 11 is 0. The van der Waals surface area contributed by atoms with E-state index in [2.05, 4.69) is 130 Å². The first kappa shape index (κ1) is 70.1. The lowest BCUT2D eigenvalue weighted by atomic mass is 10.0. The fraction of sp³-hybridized carbons (Fsp3) is 0.691. The average molecular weight is 1030 g/mol. The van der Waals surface area contributed by atoms with E-state index in [1.54, 1.807) is 0 Å². The molecule has 0 radical (unpaired) electrons. The summed E-state index contributed by atoms with van der Waals surface area (Å²) < 4.78 is 16.8. The summed E-state index contributed by atoms with van der Waals surface area (Å²) in [5, 5.41) is 0. The van der Waals surface area contributed by atoms with Gasteiger partial charge in [0.05, 0.1) is 0 Å². The number of esters is 3. The standard InChI is InChI=1S/C68H114O6/c1-4-7-10-13-16-19-22-25-27-29-30-31-32-33-34-35-36-37-38-40-41-43-46-49-52-55-58-61-67(70)73-64-65(63-72-66(69)60-57-54-51-48-45-24-21-18-15-12-9-6-3)74-68(71)62-59-56-53-50-47-44-42-39-28-26-23-20-17-14-11-8-5-2/h7-8,10-11,16-17,19-20,25-28,30-31,42,44,50,53,65H,4-6,9,12-15,18,21-24,29,32-41,43,45-49,51-52,54-64H2,1-3H3/b10-7-,11-8-,19-16-,20-17-,27-25-,28-26-,31-30-,44-42-,53-50-. The highest BCUT2D eigenvalue weighted by Crippen LogP contribution is 2.16. The minimum atomic E-state index is -0.807. The third-order valence-electron chi connectivity index (χ3n) is 13.0. The lowest BCUT2D eigenvalue weighted by molar-refractivity contribution is -0.167. The smallest absolute Gasteiger partial charge is 0.306 e. The van der Waals surface area contributed by atoms with Crippen LogP contribution in [0.25, 0.3) is 0 Å². The van der Waals surface area contributed by atoms with Gasteiger partial charge in [0.2, 0.25) is 0 Å². The summed E-state index contributed by atoms with van der Waals surface area (Å²) in [6.07, 6.45) is 83.9. The third-order valence-corrected chi connectivity index (χ3v) is 13.0. The van der Waals surface area contributed by atoms with E-state index >= 15 is 0 Å². The molecule has 0 saturated carbocycles. The molecule has 0 aromatic heterocycles. The number of allylic oxidation sites excluding steroid dienone is 18. The molecule has 1 unspecified atom stereocenters. The average Bonchev–Trinajstić information content (AvgIpc) is 3.40. The molecule has 74 heavy (non-hydrogen) atoms. The van der Waals surface area contributed by atoms with Crippen molar-refractivity contribution < 1.29 is 28.6 Å². The quantitative estimate of drug-likeness (QED) is 0.0261. The number of ether oxygens (including phenoxy) is 3. The van der Waals surface area contributed by atoms with Crippen molar-refractivity contribution in [1.29, 1.82) is 0 Å². The fourth-order valence-corrected chi connectivity index (χ4v) is 8.47. The number of carbonyl (C=O) groups is 3. The van der Waals surface area contributed by atoms with Gasteiger partial charge in [0.15, 0.2) is 6.10 Å². The molecule has 0 aromatic rings. The molecule has 0 rings (SSSR count). The van der Waals surface area contributed by atoms with Crippen molar-refractivity contribution in [3.05, 3.63) is 109 Å². The zero-order valence-corrected chi connectivity index (χ0v) is 48.3. The maximum atomic E-state index is 12.8. The highest BCUT2D eigenvalue weighted by atomic mass is 16.6. The van der Waals surface area contributed by atoms with E-state index in [0.29, 0.717) is 19.3 Å². The van der Waals surface area contributed by atoms with E-state index in [1.165, 1.54) is 135 Å². The SMILES string of the molecule is CC/C=C\C/C=C\C/C=C\C/C=C\C/C=C\CCCC(=O)OC(COC(=O)CCCCCCCCCCCCCC)COC(=O)CCCCCCCCCCCCCCCC/C=C\C/C=C\C/C=C\C/C=C\CC. The van der Waals surface area contributed by atoms with Crippen LogP contribution >= 0.6 is 0 Å². The second-order valence-corrected chi connectivity index (χ2v) is 20.2. The summed E-state index contributed by atoms with van der Waals surface area (Å²) in [6, 6.07) is 0. The number of carbonyl (C=O) groups excluding carboxylic acids is 3. The lowest BCUT2D eigenvalue weighted by Crippen LogP contribution is -2.30. The van der Waals surface area contributed by atoms with E-state index in [1.807, 2.05) is 0 Å². The highest BCUT2D eigenvalue weighted by Gasteiger charge is 2.19. The van der Waals surface area contributed by atoms with E-state index in [4.69, 9.17) is 14.2 Å².